The second kappa shape index (κ2) is 7.35. The number of carboxylic acid groups (broad SMARTS) is 1. The lowest BCUT2D eigenvalue weighted by molar-refractivity contribution is -0.139. The van der Waals surface area contributed by atoms with E-state index in [1.807, 2.05) is 11.9 Å². The minimum Gasteiger partial charge on any atom is -0.481 e. The van der Waals surface area contributed by atoms with E-state index in [4.69, 9.17) is 5.11 Å². The largest absolute Gasteiger partial charge is 0.481 e. The zero-order chi connectivity index (χ0) is 12.7. The summed E-state index contributed by atoms with van der Waals surface area (Å²) in [6, 6.07) is -0.591. The summed E-state index contributed by atoms with van der Waals surface area (Å²) in [5.41, 5.74) is 0. The first-order valence-corrected chi connectivity index (χ1v) is 5.47. The maximum atomic E-state index is 11.7. The lowest BCUT2D eigenvalue weighted by Crippen LogP contribution is -2.42. The lowest BCUT2D eigenvalue weighted by atomic mass is 10.1. The van der Waals surface area contributed by atoms with Crippen LogP contribution in [0, 0.1) is 5.92 Å². The Balaban J connectivity index is 4.15. The first-order chi connectivity index (χ1) is 7.36. The SMILES string of the molecule is CNC(CC(=O)O)C(=O)CN(C)CC(C)C. The van der Waals surface area contributed by atoms with Gasteiger partial charge in [-0.2, -0.15) is 0 Å². The van der Waals surface area contributed by atoms with Crippen molar-refractivity contribution in [1.29, 1.82) is 0 Å². The molecule has 0 rings (SSSR count). The number of hydrogen-bond acceptors (Lipinski definition) is 4. The Labute approximate surface area is 96.8 Å². The molecule has 16 heavy (non-hydrogen) atoms. The molecule has 0 aromatic rings. The van der Waals surface area contributed by atoms with Gasteiger partial charge in [-0.15, -0.1) is 0 Å². The second-order valence-electron chi connectivity index (χ2n) is 4.50. The fourth-order valence-corrected chi connectivity index (χ4v) is 1.62. The molecule has 0 aliphatic heterocycles. The smallest absolute Gasteiger partial charge is 0.305 e. The molecule has 5 nitrogen and oxygen atoms in total. The Morgan fingerprint density at radius 1 is 1.38 bits per heavy atom. The van der Waals surface area contributed by atoms with Crippen LogP contribution in [-0.2, 0) is 9.59 Å². The Hall–Kier alpha value is -0.940. The third-order valence-electron chi connectivity index (χ3n) is 2.22. The third-order valence-corrected chi connectivity index (χ3v) is 2.22. The van der Waals surface area contributed by atoms with Gasteiger partial charge in [0.2, 0.25) is 0 Å². The molecule has 94 valence electrons. The van der Waals surface area contributed by atoms with Crippen LogP contribution in [0.25, 0.3) is 0 Å². The van der Waals surface area contributed by atoms with E-state index in [9.17, 15) is 9.59 Å². The summed E-state index contributed by atoms with van der Waals surface area (Å²) in [6.07, 6.45) is -0.162. The average Bonchev–Trinajstić information content (AvgIpc) is 2.11. The Bertz CT molecular complexity index is 241. The molecule has 0 saturated heterocycles. The van der Waals surface area contributed by atoms with Crippen LogP contribution in [0.5, 0.6) is 0 Å². The first-order valence-electron chi connectivity index (χ1n) is 5.47. The quantitative estimate of drug-likeness (QED) is 0.623. The van der Waals surface area contributed by atoms with Crippen LogP contribution >= 0.6 is 0 Å². The number of likely N-dealkylation sites (N-methyl/N-ethyl adjacent to an activating group) is 2. The van der Waals surface area contributed by atoms with Crippen LogP contribution in [0.3, 0.4) is 0 Å². The van der Waals surface area contributed by atoms with Gasteiger partial charge >= 0.3 is 5.97 Å². The molecule has 0 heterocycles. The second-order valence-corrected chi connectivity index (χ2v) is 4.50. The van der Waals surface area contributed by atoms with Crippen molar-refractivity contribution >= 4 is 11.8 Å². The summed E-state index contributed by atoms with van der Waals surface area (Å²) in [5.74, 6) is -0.544. The third kappa shape index (κ3) is 6.53. The Morgan fingerprint density at radius 3 is 2.31 bits per heavy atom. The number of hydrogen-bond donors (Lipinski definition) is 2. The molecule has 0 aromatic heterocycles. The molecule has 1 unspecified atom stereocenters. The highest BCUT2D eigenvalue weighted by Crippen LogP contribution is 1.99. The standard InChI is InChI=1S/C11H22N2O3/c1-8(2)6-13(4)7-10(14)9(12-3)5-11(15)16/h8-9,12H,5-7H2,1-4H3,(H,15,16). The Morgan fingerprint density at radius 2 is 1.94 bits per heavy atom. The molecular weight excluding hydrogens is 208 g/mol. The highest BCUT2D eigenvalue weighted by molar-refractivity contribution is 5.89. The highest BCUT2D eigenvalue weighted by atomic mass is 16.4. The molecule has 0 aromatic carbocycles. The van der Waals surface area contributed by atoms with Gasteiger partial charge in [-0.05, 0) is 20.0 Å². The molecular formula is C11H22N2O3. The molecule has 2 N–H and O–H groups in total. The average molecular weight is 230 g/mol. The van der Waals surface area contributed by atoms with Gasteiger partial charge in [0.05, 0.1) is 19.0 Å². The number of carbonyl (C=O) groups is 2. The molecule has 0 aliphatic rings. The Kier molecular flexibility index (Phi) is 6.92. The fraction of sp³-hybridized carbons (Fsp3) is 0.818. The van der Waals surface area contributed by atoms with Gasteiger partial charge < -0.3 is 10.4 Å². The van der Waals surface area contributed by atoms with Crippen molar-refractivity contribution in [2.24, 2.45) is 5.92 Å². The fourth-order valence-electron chi connectivity index (χ4n) is 1.62. The lowest BCUT2D eigenvalue weighted by Gasteiger charge is -2.20. The van der Waals surface area contributed by atoms with E-state index in [1.165, 1.54) is 0 Å². The first kappa shape index (κ1) is 15.1. The maximum Gasteiger partial charge on any atom is 0.305 e. The van der Waals surface area contributed by atoms with Gasteiger partial charge in [-0.3, -0.25) is 14.5 Å². The van der Waals surface area contributed by atoms with Crippen molar-refractivity contribution in [3.8, 4) is 0 Å². The van der Waals surface area contributed by atoms with Crippen LogP contribution in [0.2, 0.25) is 0 Å². The summed E-state index contributed by atoms with van der Waals surface area (Å²) < 4.78 is 0. The van der Waals surface area contributed by atoms with Gasteiger partial charge in [-0.1, -0.05) is 13.8 Å². The number of carboxylic acids is 1. The van der Waals surface area contributed by atoms with Crippen molar-refractivity contribution < 1.29 is 14.7 Å². The van der Waals surface area contributed by atoms with E-state index in [0.29, 0.717) is 5.92 Å². The summed E-state index contributed by atoms with van der Waals surface area (Å²) in [5, 5.41) is 11.4. The number of nitrogens with one attached hydrogen (secondary N) is 1. The van der Waals surface area contributed by atoms with E-state index < -0.39 is 12.0 Å². The van der Waals surface area contributed by atoms with E-state index in [1.54, 1.807) is 7.05 Å². The maximum absolute atomic E-state index is 11.7. The summed E-state index contributed by atoms with van der Waals surface area (Å²) in [7, 11) is 3.47. The molecule has 0 spiro atoms. The van der Waals surface area contributed by atoms with E-state index in [0.717, 1.165) is 6.54 Å². The van der Waals surface area contributed by atoms with Crippen LogP contribution < -0.4 is 5.32 Å². The molecule has 0 saturated carbocycles. The van der Waals surface area contributed by atoms with Crippen LogP contribution in [0.4, 0.5) is 0 Å². The van der Waals surface area contributed by atoms with Gasteiger partial charge in [0.1, 0.15) is 0 Å². The molecule has 0 aliphatic carbocycles. The monoisotopic (exact) mass is 230 g/mol. The zero-order valence-electron chi connectivity index (χ0n) is 10.5. The molecule has 0 amide bonds. The number of nitrogens with zero attached hydrogens (tertiary/aromatic N) is 1. The minimum atomic E-state index is -0.959. The molecule has 0 fully saturated rings. The van der Waals surface area contributed by atoms with Crippen molar-refractivity contribution in [2.45, 2.75) is 26.3 Å². The highest BCUT2D eigenvalue weighted by Gasteiger charge is 2.20. The summed E-state index contributed by atoms with van der Waals surface area (Å²) in [6.45, 7) is 5.27. The molecule has 5 heteroatoms. The summed E-state index contributed by atoms with van der Waals surface area (Å²) in [4.78, 5) is 24.2. The van der Waals surface area contributed by atoms with Crippen molar-refractivity contribution in [3.05, 3.63) is 0 Å². The topological polar surface area (TPSA) is 69.6 Å². The minimum absolute atomic E-state index is 0.0759. The molecule has 0 bridgehead atoms. The van der Waals surface area contributed by atoms with Gasteiger partial charge in [0.15, 0.2) is 5.78 Å². The molecule has 0 radical (unpaired) electrons. The van der Waals surface area contributed by atoms with E-state index in [2.05, 4.69) is 19.2 Å². The number of ketones is 1. The predicted octanol–water partition coefficient (Wildman–Crippen LogP) is 0.206. The zero-order valence-corrected chi connectivity index (χ0v) is 10.5. The van der Waals surface area contributed by atoms with Gasteiger partial charge in [-0.25, -0.2) is 0 Å². The van der Waals surface area contributed by atoms with Gasteiger partial charge in [0, 0.05) is 6.54 Å². The van der Waals surface area contributed by atoms with Crippen LogP contribution in [0.15, 0.2) is 0 Å². The van der Waals surface area contributed by atoms with Crippen molar-refractivity contribution in [3.63, 3.8) is 0 Å². The van der Waals surface area contributed by atoms with Crippen molar-refractivity contribution in [1.82, 2.24) is 10.2 Å². The number of carbonyl (C=O) groups excluding carboxylic acids is 1. The van der Waals surface area contributed by atoms with Crippen LogP contribution in [0.1, 0.15) is 20.3 Å². The predicted molar refractivity (Wildman–Crippen MR) is 62.4 cm³/mol. The molecule has 1 atom stereocenters. The van der Waals surface area contributed by atoms with E-state index >= 15 is 0 Å². The number of aliphatic carboxylic acids is 1. The normalized spacial score (nSPS) is 13.1. The van der Waals surface area contributed by atoms with Gasteiger partial charge in [0.25, 0.3) is 0 Å². The van der Waals surface area contributed by atoms with Crippen LogP contribution in [-0.4, -0.2) is 55.0 Å². The number of rotatable bonds is 8. The van der Waals surface area contributed by atoms with Crippen molar-refractivity contribution in [2.75, 3.05) is 27.2 Å². The van der Waals surface area contributed by atoms with E-state index in [-0.39, 0.29) is 18.7 Å². The summed E-state index contributed by atoms with van der Waals surface area (Å²) >= 11 is 0. The number of Topliss-reactive ketones (excluding diaryl/α,β-unsaturated/α-hetero) is 1.